The van der Waals surface area contributed by atoms with Gasteiger partial charge in [-0.15, -0.1) is 0 Å². The summed E-state index contributed by atoms with van der Waals surface area (Å²) in [7, 11) is -4.97. The van der Waals surface area contributed by atoms with Crippen molar-refractivity contribution in [3.63, 3.8) is 0 Å². The number of guanidine groups is 2. The molecule has 14 nitrogen and oxygen atoms in total. The van der Waals surface area contributed by atoms with Crippen molar-refractivity contribution in [2.75, 3.05) is 13.1 Å². The Kier molecular flexibility index (Phi) is 5.68. The summed E-state index contributed by atoms with van der Waals surface area (Å²) in [5.74, 6) is -4.71. The number of imide groups is 1. The minimum absolute atomic E-state index is 0.0103. The molecule has 1 spiro atoms. The fraction of sp³-hybridized carbons (Fsp3) is 0.500. The zero-order valence-electron chi connectivity index (χ0n) is 19.3. The van der Waals surface area contributed by atoms with E-state index in [4.69, 9.17) is 15.7 Å². The number of rotatable bonds is 5. The average Bonchev–Trinajstić information content (AvgIpc) is 3.41. The molecular weight excluding hydrogens is 539 g/mol. The number of benzene rings is 1. The highest BCUT2D eigenvalue weighted by Crippen LogP contribution is 2.46. The summed E-state index contributed by atoms with van der Waals surface area (Å²) >= 11 is 0. The lowest BCUT2D eigenvalue weighted by Gasteiger charge is -2.49. The number of aliphatic hydroxyl groups is 2. The van der Waals surface area contributed by atoms with E-state index in [0.717, 1.165) is 21.9 Å². The average molecular weight is 561 g/mol. The van der Waals surface area contributed by atoms with Crippen LogP contribution in [-0.2, 0) is 30.1 Å². The summed E-state index contributed by atoms with van der Waals surface area (Å²) in [4.78, 5) is 33.9. The zero-order chi connectivity index (χ0) is 27.8. The van der Waals surface area contributed by atoms with Gasteiger partial charge in [0.15, 0.2) is 23.7 Å². The Morgan fingerprint density at radius 1 is 1.16 bits per heavy atom. The summed E-state index contributed by atoms with van der Waals surface area (Å²) in [5.41, 5.74) is 8.52. The van der Waals surface area contributed by atoms with Crippen LogP contribution in [0.5, 0.6) is 0 Å². The molecule has 2 fully saturated rings. The molecule has 0 aliphatic carbocycles. The van der Waals surface area contributed by atoms with Crippen LogP contribution in [0.1, 0.15) is 18.4 Å². The van der Waals surface area contributed by atoms with Gasteiger partial charge in [0.25, 0.3) is 10.1 Å². The second kappa shape index (κ2) is 8.26. The van der Waals surface area contributed by atoms with E-state index in [2.05, 4.69) is 15.3 Å². The molecule has 1 aromatic carbocycles. The van der Waals surface area contributed by atoms with Crippen LogP contribution in [-0.4, -0.2) is 94.9 Å². The van der Waals surface area contributed by atoms with Gasteiger partial charge in [0.05, 0.1) is 29.6 Å². The normalized spacial score (nSPS) is 30.6. The predicted molar refractivity (Wildman–Crippen MR) is 120 cm³/mol. The number of halogens is 3. The first-order valence-corrected chi connectivity index (χ1v) is 12.6. The first-order valence-electron chi connectivity index (χ1n) is 11.2. The molecule has 206 valence electrons. The third-order valence-corrected chi connectivity index (χ3v) is 8.28. The van der Waals surface area contributed by atoms with E-state index in [1.165, 1.54) is 0 Å². The fourth-order valence-corrected chi connectivity index (χ4v) is 6.33. The van der Waals surface area contributed by atoms with Crippen LogP contribution in [0.4, 0.5) is 13.2 Å². The van der Waals surface area contributed by atoms with Gasteiger partial charge in [-0.05, 0) is 18.2 Å². The maximum atomic E-state index is 13.1. The number of alkyl halides is 3. The highest BCUT2D eigenvalue weighted by molar-refractivity contribution is 7.86. The molecule has 5 rings (SSSR count). The molecule has 3 unspecified atom stereocenters. The highest BCUT2D eigenvalue weighted by atomic mass is 32.2. The summed E-state index contributed by atoms with van der Waals surface area (Å²) in [6.45, 7) is -0.928. The Morgan fingerprint density at radius 2 is 1.82 bits per heavy atom. The molecule has 4 aliphatic rings. The summed E-state index contributed by atoms with van der Waals surface area (Å²) in [6, 6.07) is 0.324. The molecule has 38 heavy (non-hydrogen) atoms. The lowest BCUT2D eigenvalue weighted by Crippen LogP contribution is -2.77. The Hall–Kier alpha value is -3.48. The minimum atomic E-state index is -4.97. The van der Waals surface area contributed by atoms with Crippen LogP contribution < -0.4 is 16.8 Å². The topological polar surface area (TPSA) is 213 Å². The Labute approximate surface area is 212 Å². The molecule has 0 aromatic heterocycles. The van der Waals surface area contributed by atoms with E-state index >= 15 is 0 Å². The maximum Gasteiger partial charge on any atom is 0.416 e. The van der Waals surface area contributed by atoms with Crippen LogP contribution in [0.15, 0.2) is 39.1 Å². The van der Waals surface area contributed by atoms with E-state index in [-0.39, 0.29) is 31.3 Å². The first kappa shape index (κ1) is 26.1. The molecule has 2 amide bonds. The third-order valence-electron chi connectivity index (χ3n) is 6.97. The largest absolute Gasteiger partial charge is 0.416 e. The number of nitrogens with two attached hydrogens (primary N) is 2. The lowest BCUT2D eigenvalue weighted by molar-refractivity contribution is -0.251. The van der Waals surface area contributed by atoms with Crippen molar-refractivity contribution < 1.29 is 45.6 Å². The number of aliphatic imine (C=N–C) groups is 2. The monoisotopic (exact) mass is 561 g/mol. The van der Waals surface area contributed by atoms with Crippen LogP contribution in [0.3, 0.4) is 0 Å². The minimum Gasteiger partial charge on any atom is -0.370 e. The Bertz CT molecular complexity index is 1370. The number of carbonyl (C=O) groups excluding carboxylic acids is 2. The number of hydrogen-bond acceptors (Lipinski definition) is 13. The quantitative estimate of drug-likeness (QED) is 0.145. The summed E-state index contributed by atoms with van der Waals surface area (Å²) in [6.07, 6.45) is -6.88. The van der Waals surface area contributed by atoms with Crippen LogP contribution >= 0.6 is 0 Å². The molecule has 0 saturated carbocycles. The second-order valence-electron chi connectivity index (χ2n) is 9.20. The molecule has 1 aromatic rings. The molecular formula is C20H22F3N7O7S. The van der Waals surface area contributed by atoms with Gasteiger partial charge >= 0.3 is 6.18 Å². The van der Waals surface area contributed by atoms with Crippen molar-refractivity contribution in [1.29, 1.82) is 0 Å². The number of hydrogen-bond donors (Lipinski definition) is 5. The van der Waals surface area contributed by atoms with Gasteiger partial charge in [0, 0.05) is 12.8 Å². The Balaban J connectivity index is 1.48. The lowest BCUT2D eigenvalue weighted by atomic mass is 9.85. The second-order valence-corrected chi connectivity index (χ2v) is 10.8. The van der Waals surface area contributed by atoms with Crippen LogP contribution in [0.25, 0.3) is 0 Å². The van der Waals surface area contributed by atoms with Crippen molar-refractivity contribution in [2.45, 2.75) is 53.6 Å². The van der Waals surface area contributed by atoms with Gasteiger partial charge in [-0.3, -0.25) is 18.7 Å². The molecule has 4 atom stereocenters. The van der Waals surface area contributed by atoms with Gasteiger partial charge in [-0.2, -0.15) is 21.6 Å². The number of likely N-dealkylation sites (tertiary alicyclic amines) is 1. The van der Waals surface area contributed by atoms with Crippen LogP contribution in [0, 0.1) is 0 Å². The van der Waals surface area contributed by atoms with Crippen molar-refractivity contribution in [1.82, 2.24) is 15.1 Å². The standard InChI is InChI=1S/C20H22F3N7O7S/c21-20(22,23)9-2-1-3-10(6-9)38(35,36)37-12-8-30-17(25)26-11(7-29-13(31)4-5-14(29)32)15-18(30,19(12,33)34)28-16(24)27-15/h1-3,6,11-12,15,33-34H,4-5,7-8H2,(H2,25,26)(H3,24,27,28)/t11?,12-,15?,18?/m0/s1. The third kappa shape index (κ3) is 3.77. The van der Waals surface area contributed by atoms with Gasteiger partial charge in [-0.1, -0.05) is 6.07 Å². The molecule has 4 aliphatic heterocycles. The molecule has 4 heterocycles. The predicted octanol–water partition coefficient (Wildman–Crippen LogP) is -2.40. The van der Waals surface area contributed by atoms with E-state index in [0.29, 0.717) is 12.1 Å². The molecule has 2 saturated heterocycles. The van der Waals surface area contributed by atoms with E-state index < -0.39 is 74.8 Å². The van der Waals surface area contributed by atoms with Crippen molar-refractivity contribution in [3.8, 4) is 0 Å². The number of amides is 2. The van der Waals surface area contributed by atoms with Crippen molar-refractivity contribution in [3.05, 3.63) is 29.8 Å². The molecule has 18 heteroatoms. The van der Waals surface area contributed by atoms with E-state index in [1.807, 2.05) is 0 Å². The number of nitrogens with zero attached hydrogens (tertiary/aromatic N) is 4. The van der Waals surface area contributed by atoms with E-state index in [9.17, 15) is 41.4 Å². The molecule has 0 bridgehead atoms. The SMILES string of the molecule is NC1=NC2C(CN3C(=O)CCC3=O)N=C(N)N3C[C@H](OS(=O)(=O)c4cccc(C(F)(F)F)c4)C(O)(O)C23N1. The number of nitrogens with one attached hydrogen (secondary N) is 1. The van der Waals surface area contributed by atoms with E-state index in [1.54, 1.807) is 0 Å². The molecule has 0 radical (unpaired) electrons. The van der Waals surface area contributed by atoms with Gasteiger partial charge in [0.2, 0.25) is 17.6 Å². The van der Waals surface area contributed by atoms with Gasteiger partial charge < -0.3 is 31.9 Å². The smallest absolute Gasteiger partial charge is 0.370 e. The highest BCUT2D eigenvalue weighted by Gasteiger charge is 2.74. The fourth-order valence-electron chi connectivity index (χ4n) is 5.20. The Morgan fingerprint density at radius 3 is 2.45 bits per heavy atom. The number of carbonyl (C=O) groups is 2. The summed E-state index contributed by atoms with van der Waals surface area (Å²) in [5, 5.41) is 25.2. The van der Waals surface area contributed by atoms with Gasteiger partial charge in [0.1, 0.15) is 6.04 Å². The molecule has 7 N–H and O–H groups in total. The maximum absolute atomic E-state index is 13.1. The first-order chi connectivity index (χ1) is 17.6. The summed E-state index contributed by atoms with van der Waals surface area (Å²) < 4.78 is 70.2. The van der Waals surface area contributed by atoms with Gasteiger partial charge in [-0.25, -0.2) is 9.98 Å². The van der Waals surface area contributed by atoms with Crippen LogP contribution in [0.2, 0.25) is 0 Å². The van der Waals surface area contributed by atoms with Crippen molar-refractivity contribution in [2.24, 2.45) is 21.5 Å². The zero-order valence-corrected chi connectivity index (χ0v) is 20.1. The van der Waals surface area contributed by atoms with Crippen molar-refractivity contribution >= 4 is 33.9 Å².